The molecule has 3 aromatic rings. The molecule has 1 aliphatic heterocycles. The van der Waals surface area contributed by atoms with E-state index in [2.05, 4.69) is 20.3 Å². The second kappa shape index (κ2) is 7.19. The number of hydrogen-bond acceptors (Lipinski definition) is 6. The number of nitrogens with two attached hydrogens (primary N) is 1. The summed E-state index contributed by atoms with van der Waals surface area (Å²) in [7, 11) is -3.94. The van der Waals surface area contributed by atoms with Crippen molar-refractivity contribution in [1.29, 1.82) is 0 Å². The van der Waals surface area contributed by atoms with Gasteiger partial charge in [0.2, 0.25) is 10.0 Å². The number of pyridine rings is 1. The van der Waals surface area contributed by atoms with Gasteiger partial charge in [-0.25, -0.2) is 18.1 Å². The average molecular weight is 423 g/mol. The van der Waals surface area contributed by atoms with E-state index in [9.17, 15) is 17.2 Å². The molecule has 29 heavy (non-hydrogen) atoms. The summed E-state index contributed by atoms with van der Waals surface area (Å²) in [5.41, 5.74) is 8.26. The van der Waals surface area contributed by atoms with Crippen molar-refractivity contribution < 1.29 is 17.2 Å². The van der Waals surface area contributed by atoms with Crippen molar-refractivity contribution in [2.75, 3.05) is 18.8 Å². The topological polar surface area (TPSA) is 123 Å². The van der Waals surface area contributed by atoms with Crippen molar-refractivity contribution in [2.24, 2.45) is 0 Å². The number of halogens is 2. The van der Waals surface area contributed by atoms with Crippen molar-refractivity contribution in [3.05, 3.63) is 42.1 Å². The summed E-state index contributed by atoms with van der Waals surface area (Å²) in [5, 5.41) is 10.7. The minimum atomic E-state index is -3.94. The van der Waals surface area contributed by atoms with E-state index in [1.807, 2.05) is 0 Å². The maximum Gasteiger partial charge on any atom is 0.333 e. The van der Waals surface area contributed by atoms with Gasteiger partial charge in [0.25, 0.3) is 0 Å². The summed E-state index contributed by atoms with van der Waals surface area (Å²) in [6.45, 7) is -1.02. The molecule has 1 atom stereocenters. The van der Waals surface area contributed by atoms with Crippen LogP contribution in [0.5, 0.6) is 0 Å². The normalized spacial score (nSPS) is 18.0. The van der Waals surface area contributed by atoms with Gasteiger partial charge in [0.05, 0.1) is 18.1 Å². The van der Waals surface area contributed by atoms with Gasteiger partial charge in [-0.1, -0.05) is 0 Å². The fourth-order valence-corrected chi connectivity index (χ4v) is 5.25. The second-order valence-corrected chi connectivity index (χ2v) is 8.76. The first-order chi connectivity index (χ1) is 13.8. The van der Waals surface area contributed by atoms with E-state index in [1.54, 1.807) is 24.5 Å². The molecule has 1 aliphatic rings. The summed E-state index contributed by atoms with van der Waals surface area (Å²) in [4.78, 5) is 3.77. The van der Waals surface area contributed by atoms with Crippen LogP contribution in [0.4, 0.5) is 14.6 Å². The van der Waals surface area contributed by atoms with Crippen LogP contribution in [0.3, 0.4) is 0 Å². The average Bonchev–Trinajstić information content (AvgIpc) is 3.40. The highest BCUT2D eigenvalue weighted by molar-refractivity contribution is 7.89. The molecule has 0 radical (unpaired) electrons. The van der Waals surface area contributed by atoms with Crippen molar-refractivity contribution in [1.82, 2.24) is 29.3 Å². The van der Waals surface area contributed by atoms with Crippen LogP contribution in [0.15, 0.2) is 35.6 Å². The number of alkyl halides is 2. The number of aromatic amines is 1. The summed E-state index contributed by atoms with van der Waals surface area (Å²) in [6.07, 6.45) is 4.70. The van der Waals surface area contributed by atoms with Gasteiger partial charge in [-0.05, 0) is 31.0 Å². The fraction of sp³-hybridized carbons (Fsp3) is 0.353. The number of rotatable bonds is 5. The largest absolute Gasteiger partial charge is 0.384 e. The Kier molecular flexibility index (Phi) is 4.82. The number of nitrogens with zero attached hydrogens (tertiary/aromatic N) is 5. The zero-order chi connectivity index (χ0) is 20.8. The quantitative estimate of drug-likeness (QED) is 0.648. The molecule has 0 spiro atoms. The van der Waals surface area contributed by atoms with Crippen LogP contribution in [0.25, 0.3) is 11.1 Å². The maximum absolute atomic E-state index is 13.0. The fourth-order valence-electron chi connectivity index (χ4n) is 3.59. The van der Waals surface area contributed by atoms with Gasteiger partial charge in [-0.15, -0.1) is 0 Å². The molecule has 9 nitrogen and oxygen atoms in total. The van der Waals surface area contributed by atoms with Gasteiger partial charge >= 0.3 is 6.55 Å². The summed E-state index contributed by atoms with van der Waals surface area (Å²) >= 11 is 0. The Morgan fingerprint density at radius 3 is 2.86 bits per heavy atom. The van der Waals surface area contributed by atoms with Gasteiger partial charge in [0.15, 0.2) is 0 Å². The van der Waals surface area contributed by atoms with Crippen molar-refractivity contribution in [2.45, 2.75) is 30.7 Å². The molecule has 0 saturated carbocycles. The Labute approximate surface area is 165 Å². The number of aryl methyl sites for hydroxylation is 1. The Balaban J connectivity index is 1.60. The molecule has 0 aliphatic carbocycles. The third-order valence-corrected chi connectivity index (χ3v) is 6.98. The molecule has 0 aromatic carbocycles. The van der Waals surface area contributed by atoms with Crippen LogP contribution in [-0.4, -0.2) is 50.8 Å². The van der Waals surface area contributed by atoms with E-state index in [0.717, 1.165) is 23.0 Å². The molecule has 4 heterocycles. The first-order valence-corrected chi connectivity index (χ1v) is 10.3. The summed E-state index contributed by atoms with van der Waals surface area (Å²) < 4.78 is 53.4. The molecule has 4 rings (SSSR count). The zero-order valence-electron chi connectivity index (χ0n) is 15.5. The van der Waals surface area contributed by atoms with Crippen LogP contribution in [-0.2, 0) is 10.0 Å². The predicted molar refractivity (Wildman–Crippen MR) is 101 cm³/mol. The number of sulfonamides is 1. The number of H-pyrrole nitrogens is 1. The van der Waals surface area contributed by atoms with E-state index in [-0.39, 0.29) is 29.6 Å². The second-order valence-electron chi connectivity index (χ2n) is 6.85. The molecule has 3 aromatic heterocycles. The van der Waals surface area contributed by atoms with Gasteiger partial charge in [0, 0.05) is 36.5 Å². The van der Waals surface area contributed by atoms with Gasteiger partial charge < -0.3 is 5.73 Å². The summed E-state index contributed by atoms with van der Waals surface area (Å²) in [5.74, 6) is 0.249. The minimum absolute atomic E-state index is 0.0447. The van der Waals surface area contributed by atoms with E-state index in [0.29, 0.717) is 16.9 Å². The first kappa shape index (κ1) is 19.5. The number of hydrogen-bond donors (Lipinski definition) is 2. The SMILES string of the molecule is Cc1nn(C(F)F)cc1S(=O)(=O)N1CCC(c2[nH]ncc2-c2ccnc(N)c2)C1. The minimum Gasteiger partial charge on any atom is -0.384 e. The molecule has 3 N–H and O–H groups in total. The Bertz CT molecular complexity index is 1140. The number of nitrogens with one attached hydrogen (secondary N) is 1. The third-order valence-electron chi connectivity index (χ3n) is 5.01. The highest BCUT2D eigenvalue weighted by Gasteiger charge is 2.37. The highest BCUT2D eigenvalue weighted by atomic mass is 32.2. The molecular formula is C17H19F2N7O2S. The van der Waals surface area contributed by atoms with Gasteiger partial charge in [0.1, 0.15) is 10.7 Å². The monoisotopic (exact) mass is 423 g/mol. The number of anilines is 1. The van der Waals surface area contributed by atoms with E-state index >= 15 is 0 Å². The Hall–Kier alpha value is -2.86. The predicted octanol–water partition coefficient (Wildman–Crippen LogP) is 2.13. The van der Waals surface area contributed by atoms with Crippen LogP contribution >= 0.6 is 0 Å². The van der Waals surface area contributed by atoms with Crippen molar-refractivity contribution in [3.8, 4) is 11.1 Å². The zero-order valence-corrected chi connectivity index (χ0v) is 16.3. The van der Waals surface area contributed by atoms with Crippen LogP contribution in [0, 0.1) is 6.92 Å². The highest BCUT2D eigenvalue weighted by Crippen LogP contribution is 2.36. The van der Waals surface area contributed by atoms with Crippen molar-refractivity contribution >= 4 is 15.8 Å². The molecule has 154 valence electrons. The van der Waals surface area contributed by atoms with Crippen LogP contribution in [0.1, 0.15) is 30.3 Å². The lowest BCUT2D eigenvalue weighted by Crippen LogP contribution is -2.29. The first-order valence-electron chi connectivity index (χ1n) is 8.86. The smallest absolute Gasteiger partial charge is 0.333 e. The molecule has 12 heteroatoms. The Morgan fingerprint density at radius 2 is 2.17 bits per heavy atom. The van der Waals surface area contributed by atoms with E-state index in [1.165, 1.54) is 11.2 Å². The lowest BCUT2D eigenvalue weighted by molar-refractivity contribution is 0.0561. The van der Waals surface area contributed by atoms with Crippen LogP contribution in [0.2, 0.25) is 0 Å². The maximum atomic E-state index is 13.0. The third kappa shape index (κ3) is 3.49. The molecule has 0 amide bonds. The van der Waals surface area contributed by atoms with Gasteiger partial charge in [-0.2, -0.15) is 23.3 Å². The lowest BCUT2D eigenvalue weighted by Gasteiger charge is -2.16. The molecule has 0 bridgehead atoms. The van der Waals surface area contributed by atoms with Crippen LogP contribution < -0.4 is 5.73 Å². The Morgan fingerprint density at radius 1 is 1.38 bits per heavy atom. The standard InChI is InChI=1S/C17H19F2N7O2S/c1-10-14(9-26(24-10)17(18)19)29(27,28)25-5-3-12(8-25)16-13(7-22-23-16)11-2-4-21-15(20)6-11/h2,4,6-7,9,12,17H,3,5,8H2,1H3,(H2,20,21)(H,22,23). The summed E-state index contributed by atoms with van der Waals surface area (Å²) in [6, 6.07) is 3.52. The number of nitrogen functional groups attached to an aromatic ring is 1. The van der Waals surface area contributed by atoms with E-state index in [4.69, 9.17) is 5.73 Å². The molecular weight excluding hydrogens is 404 g/mol. The lowest BCUT2D eigenvalue weighted by atomic mass is 9.97. The molecule has 1 saturated heterocycles. The van der Waals surface area contributed by atoms with Crippen molar-refractivity contribution in [3.63, 3.8) is 0 Å². The molecule has 1 fully saturated rings. The number of aromatic nitrogens is 5. The van der Waals surface area contributed by atoms with Gasteiger partial charge in [-0.3, -0.25) is 5.10 Å². The van der Waals surface area contributed by atoms with E-state index < -0.39 is 16.6 Å². The molecule has 1 unspecified atom stereocenters.